The molecule has 0 saturated carbocycles. The summed E-state index contributed by atoms with van der Waals surface area (Å²) < 4.78 is 5.33. The molecule has 1 aliphatic rings. The molecule has 3 heteroatoms. The van der Waals surface area contributed by atoms with Crippen LogP contribution in [-0.2, 0) is 0 Å². The van der Waals surface area contributed by atoms with Crippen LogP contribution in [0.5, 0.6) is 5.75 Å². The monoisotopic (exact) mass is 220 g/mol. The molecule has 2 N–H and O–H groups in total. The van der Waals surface area contributed by atoms with E-state index in [1.165, 1.54) is 16.7 Å². The predicted molar refractivity (Wildman–Crippen MR) is 66.1 cm³/mol. The van der Waals surface area contributed by atoms with Crippen molar-refractivity contribution in [2.24, 2.45) is 0 Å². The second-order valence-electron chi connectivity index (χ2n) is 4.39. The lowest BCUT2D eigenvalue weighted by Crippen LogP contribution is -2.42. The van der Waals surface area contributed by atoms with E-state index in [0.29, 0.717) is 6.04 Å². The van der Waals surface area contributed by atoms with E-state index in [-0.39, 0.29) is 0 Å². The first-order chi connectivity index (χ1) is 7.72. The van der Waals surface area contributed by atoms with Gasteiger partial charge >= 0.3 is 0 Å². The van der Waals surface area contributed by atoms with Gasteiger partial charge in [-0.3, -0.25) is 0 Å². The number of piperazine rings is 1. The minimum absolute atomic E-state index is 0.429. The van der Waals surface area contributed by atoms with Crippen molar-refractivity contribution < 1.29 is 4.74 Å². The Labute approximate surface area is 97.2 Å². The number of hydrogen-bond acceptors (Lipinski definition) is 3. The van der Waals surface area contributed by atoms with Crippen LogP contribution in [-0.4, -0.2) is 26.7 Å². The molecule has 0 spiro atoms. The lowest BCUT2D eigenvalue weighted by atomic mass is 9.97. The molecule has 0 aromatic heterocycles. The zero-order chi connectivity index (χ0) is 11.5. The summed E-state index contributed by atoms with van der Waals surface area (Å²) in [6, 6.07) is 4.79. The van der Waals surface area contributed by atoms with Gasteiger partial charge in [-0.2, -0.15) is 0 Å². The average molecular weight is 220 g/mol. The Balaban J connectivity index is 2.29. The number of benzene rings is 1. The van der Waals surface area contributed by atoms with Crippen LogP contribution in [0.15, 0.2) is 12.1 Å². The van der Waals surface area contributed by atoms with Gasteiger partial charge in [0.1, 0.15) is 5.75 Å². The number of aryl methyl sites for hydroxylation is 2. The molecule has 1 aromatic rings. The standard InChI is InChI=1S/C13H20N2O/c1-9-7-13(16-3)10(2)6-11(9)12-8-14-4-5-15-12/h6-7,12,14-15H,4-5,8H2,1-3H3. The Hall–Kier alpha value is -1.06. The fourth-order valence-electron chi connectivity index (χ4n) is 2.28. The van der Waals surface area contributed by atoms with Gasteiger partial charge in [0.05, 0.1) is 7.11 Å². The van der Waals surface area contributed by atoms with Crippen LogP contribution in [0.25, 0.3) is 0 Å². The lowest BCUT2D eigenvalue weighted by molar-refractivity contribution is 0.408. The highest BCUT2D eigenvalue weighted by Crippen LogP contribution is 2.26. The Kier molecular flexibility index (Phi) is 3.46. The molecule has 1 atom stereocenters. The van der Waals surface area contributed by atoms with E-state index >= 15 is 0 Å². The molecule has 88 valence electrons. The van der Waals surface area contributed by atoms with Crippen molar-refractivity contribution in [1.29, 1.82) is 0 Å². The van der Waals surface area contributed by atoms with Crippen molar-refractivity contribution in [2.45, 2.75) is 19.9 Å². The van der Waals surface area contributed by atoms with Gasteiger partial charge in [-0.1, -0.05) is 6.07 Å². The Morgan fingerprint density at radius 3 is 2.62 bits per heavy atom. The van der Waals surface area contributed by atoms with Gasteiger partial charge in [0.2, 0.25) is 0 Å². The van der Waals surface area contributed by atoms with Gasteiger partial charge in [-0.15, -0.1) is 0 Å². The summed E-state index contributed by atoms with van der Waals surface area (Å²) >= 11 is 0. The molecule has 1 aliphatic heterocycles. The highest BCUT2D eigenvalue weighted by molar-refractivity contribution is 5.43. The summed E-state index contributed by atoms with van der Waals surface area (Å²) in [6.07, 6.45) is 0. The quantitative estimate of drug-likeness (QED) is 0.793. The molecule has 1 saturated heterocycles. The number of rotatable bonds is 2. The molecule has 0 amide bonds. The zero-order valence-electron chi connectivity index (χ0n) is 10.3. The third-order valence-electron chi connectivity index (χ3n) is 3.20. The van der Waals surface area contributed by atoms with Crippen LogP contribution < -0.4 is 15.4 Å². The normalized spacial score (nSPS) is 20.8. The average Bonchev–Trinajstić information content (AvgIpc) is 2.32. The molecular weight excluding hydrogens is 200 g/mol. The lowest BCUT2D eigenvalue weighted by Gasteiger charge is -2.27. The second-order valence-corrected chi connectivity index (χ2v) is 4.39. The fourth-order valence-corrected chi connectivity index (χ4v) is 2.28. The van der Waals surface area contributed by atoms with E-state index in [2.05, 4.69) is 36.6 Å². The molecule has 1 unspecified atom stereocenters. The first-order valence-corrected chi connectivity index (χ1v) is 5.81. The van der Waals surface area contributed by atoms with E-state index in [9.17, 15) is 0 Å². The molecule has 1 fully saturated rings. The number of methoxy groups -OCH3 is 1. The van der Waals surface area contributed by atoms with Crippen LogP contribution in [0.1, 0.15) is 22.7 Å². The fraction of sp³-hybridized carbons (Fsp3) is 0.538. The van der Waals surface area contributed by atoms with Crippen LogP contribution >= 0.6 is 0 Å². The van der Waals surface area contributed by atoms with E-state index in [1.807, 2.05) is 0 Å². The molecule has 0 radical (unpaired) electrons. The Morgan fingerprint density at radius 2 is 2.00 bits per heavy atom. The molecular formula is C13H20N2O. The summed E-state index contributed by atoms with van der Waals surface area (Å²) in [5, 5.41) is 6.95. The Bertz CT molecular complexity index is 370. The van der Waals surface area contributed by atoms with Gasteiger partial charge < -0.3 is 15.4 Å². The van der Waals surface area contributed by atoms with E-state index in [4.69, 9.17) is 4.74 Å². The summed E-state index contributed by atoms with van der Waals surface area (Å²) in [7, 11) is 1.72. The van der Waals surface area contributed by atoms with Crippen molar-refractivity contribution >= 4 is 0 Å². The summed E-state index contributed by atoms with van der Waals surface area (Å²) in [5.41, 5.74) is 3.88. The Morgan fingerprint density at radius 1 is 1.19 bits per heavy atom. The molecule has 0 bridgehead atoms. The third-order valence-corrected chi connectivity index (χ3v) is 3.20. The minimum Gasteiger partial charge on any atom is -0.496 e. The van der Waals surface area contributed by atoms with Crippen LogP contribution in [0.2, 0.25) is 0 Å². The van der Waals surface area contributed by atoms with Gasteiger partial charge in [-0.25, -0.2) is 0 Å². The smallest absolute Gasteiger partial charge is 0.122 e. The van der Waals surface area contributed by atoms with Crippen LogP contribution in [0, 0.1) is 13.8 Å². The molecule has 3 nitrogen and oxygen atoms in total. The molecule has 2 rings (SSSR count). The molecule has 1 aromatic carbocycles. The first kappa shape index (κ1) is 11.4. The van der Waals surface area contributed by atoms with E-state index in [1.54, 1.807) is 7.11 Å². The SMILES string of the molecule is COc1cc(C)c(C2CNCCN2)cc1C. The minimum atomic E-state index is 0.429. The molecule has 0 aliphatic carbocycles. The van der Waals surface area contributed by atoms with Crippen molar-refractivity contribution in [3.8, 4) is 5.75 Å². The zero-order valence-corrected chi connectivity index (χ0v) is 10.3. The van der Waals surface area contributed by atoms with Gasteiger partial charge in [0, 0.05) is 25.7 Å². The number of hydrogen-bond donors (Lipinski definition) is 2. The van der Waals surface area contributed by atoms with Crippen molar-refractivity contribution in [2.75, 3.05) is 26.7 Å². The third kappa shape index (κ3) is 2.20. The van der Waals surface area contributed by atoms with Crippen LogP contribution in [0.3, 0.4) is 0 Å². The highest BCUT2D eigenvalue weighted by Gasteiger charge is 2.17. The molecule has 1 heterocycles. The maximum absolute atomic E-state index is 5.33. The van der Waals surface area contributed by atoms with E-state index < -0.39 is 0 Å². The van der Waals surface area contributed by atoms with Gasteiger partial charge in [-0.05, 0) is 36.6 Å². The van der Waals surface area contributed by atoms with Gasteiger partial charge in [0.25, 0.3) is 0 Å². The van der Waals surface area contributed by atoms with Gasteiger partial charge in [0.15, 0.2) is 0 Å². The second kappa shape index (κ2) is 4.85. The maximum Gasteiger partial charge on any atom is 0.122 e. The summed E-state index contributed by atoms with van der Waals surface area (Å²) in [5.74, 6) is 0.977. The topological polar surface area (TPSA) is 33.3 Å². The molecule has 16 heavy (non-hydrogen) atoms. The van der Waals surface area contributed by atoms with E-state index in [0.717, 1.165) is 25.4 Å². The predicted octanol–water partition coefficient (Wildman–Crippen LogP) is 1.55. The first-order valence-electron chi connectivity index (χ1n) is 5.81. The highest BCUT2D eigenvalue weighted by atomic mass is 16.5. The van der Waals surface area contributed by atoms with Crippen LogP contribution in [0.4, 0.5) is 0 Å². The van der Waals surface area contributed by atoms with Crippen molar-refractivity contribution in [1.82, 2.24) is 10.6 Å². The van der Waals surface area contributed by atoms with Crippen molar-refractivity contribution in [3.05, 3.63) is 28.8 Å². The maximum atomic E-state index is 5.33. The number of nitrogens with one attached hydrogen (secondary N) is 2. The summed E-state index contributed by atoms with van der Waals surface area (Å²) in [6.45, 7) is 7.35. The number of ether oxygens (including phenoxy) is 1. The largest absolute Gasteiger partial charge is 0.496 e. The van der Waals surface area contributed by atoms with Crippen molar-refractivity contribution in [3.63, 3.8) is 0 Å². The summed E-state index contributed by atoms with van der Waals surface area (Å²) in [4.78, 5) is 0.